The van der Waals surface area contributed by atoms with Crippen molar-refractivity contribution in [3.05, 3.63) is 118 Å². The third-order valence-corrected chi connectivity index (χ3v) is 8.96. The Balaban J connectivity index is 1.24. The number of pyridine rings is 2. The minimum Gasteiger partial charge on any atom is -0.345 e. The summed E-state index contributed by atoms with van der Waals surface area (Å²) in [7, 11) is 0. The first kappa shape index (κ1) is 28.1. The second-order valence-electron chi connectivity index (χ2n) is 10.6. The van der Waals surface area contributed by atoms with Crippen molar-refractivity contribution in [1.29, 1.82) is 5.26 Å². The minimum atomic E-state index is -0.517. The number of benzene rings is 2. The number of aromatic amines is 1. The molecule has 7 rings (SSSR count). The van der Waals surface area contributed by atoms with Crippen LogP contribution < -0.4 is 10.2 Å². The van der Waals surface area contributed by atoms with Crippen molar-refractivity contribution in [3.63, 3.8) is 0 Å². The molecule has 2 aromatic carbocycles. The molecule has 2 N–H and O–H groups in total. The maximum absolute atomic E-state index is 14.4. The van der Waals surface area contributed by atoms with E-state index in [1.165, 1.54) is 23.5 Å². The summed E-state index contributed by atoms with van der Waals surface area (Å²) in [4.78, 5) is 41.8. The lowest BCUT2D eigenvalue weighted by atomic mass is 10.0. The Bertz CT molecular complexity index is 2200. The molecule has 4 aromatic heterocycles. The van der Waals surface area contributed by atoms with E-state index in [0.717, 1.165) is 16.6 Å². The monoisotopic (exact) mass is 616 g/mol. The van der Waals surface area contributed by atoms with Crippen molar-refractivity contribution in [2.24, 2.45) is 0 Å². The Morgan fingerprint density at radius 3 is 2.73 bits per heavy atom. The molecule has 45 heavy (non-hydrogen) atoms. The smallest absolute Gasteiger partial charge is 0.276 e. The van der Waals surface area contributed by atoms with Gasteiger partial charge in [0.15, 0.2) is 0 Å². The zero-order valence-electron chi connectivity index (χ0n) is 23.7. The van der Waals surface area contributed by atoms with Gasteiger partial charge in [-0.2, -0.15) is 5.26 Å². The quantitative estimate of drug-likeness (QED) is 0.216. The zero-order chi connectivity index (χ0) is 31.2. The number of anilines is 2. The molecule has 0 spiro atoms. The number of aromatic nitrogens is 3. The summed E-state index contributed by atoms with van der Waals surface area (Å²) in [6.07, 6.45) is 3.22. The molecule has 0 saturated carbocycles. The number of nitriles is 1. The molecule has 2 amide bonds. The minimum absolute atomic E-state index is 0.130. The van der Waals surface area contributed by atoms with Crippen LogP contribution in [0, 0.1) is 29.9 Å². The SMILES string of the molecule is Cc1cccc(F)c1NC(=O)c1cc2c(s1)-c1ccc(C#N)cc1N(C(=O)c1cccc(-c3c[nH]c4ncc(F)cc34)n1)CC2. The number of nitrogens with zero attached hydrogens (tertiary/aromatic N) is 4. The fourth-order valence-corrected chi connectivity index (χ4v) is 6.67. The van der Waals surface area contributed by atoms with Crippen molar-refractivity contribution >= 4 is 45.6 Å². The van der Waals surface area contributed by atoms with Crippen LogP contribution in [0.15, 0.2) is 79.1 Å². The second-order valence-corrected chi connectivity index (χ2v) is 11.6. The Labute approximate surface area is 259 Å². The van der Waals surface area contributed by atoms with E-state index < -0.39 is 17.5 Å². The number of thiophene rings is 1. The van der Waals surface area contributed by atoms with Crippen LogP contribution in [0.4, 0.5) is 20.2 Å². The molecule has 0 aliphatic carbocycles. The average Bonchev–Trinajstić information content (AvgIpc) is 3.63. The van der Waals surface area contributed by atoms with E-state index in [4.69, 9.17) is 0 Å². The highest BCUT2D eigenvalue weighted by atomic mass is 32.1. The molecule has 0 radical (unpaired) electrons. The standard InChI is InChI=1S/C34H22F2N6O2S/c1-18-4-2-5-25(36)30(18)41-33(43)29-13-20-10-11-42(28-12-19(15-37)8-9-22(28)31(20)45-29)34(44)27-7-3-6-26(40-27)24-17-39-32-23(24)14-21(35)16-38-32/h2-9,12-14,16-17H,10-11H2,1H3,(H,38,39)(H,41,43). The predicted molar refractivity (Wildman–Crippen MR) is 168 cm³/mol. The number of H-pyrrole nitrogens is 1. The first-order chi connectivity index (χ1) is 21.8. The van der Waals surface area contributed by atoms with Gasteiger partial charge in [0.2, 0.25) is 0 Å². The number of aryl methyl sites for hydroxylation is 1. The molecule has 0 atom stereocenters. The highest BCUT2D eigenvalue weighted by Crippen LogP contribution is 2.42. The van der Waals surface area contributed by atoms with Gasteiger partial charge in [0, 0.05) is 34.1 Å². The number of para-hydroxylation sites is 1. The number of hydrogen-bond donors (Lipinski definition) is 2. The number of amides is 2. The highest BCUT2D eigenvalue weighted by molar-refractivity contribution is 7.17. The van der Waals surface area contributed by atoms with Crippen LogP contribution in [0.5, 0.6) is 0 Å². The van der Waals surface area contributed by atoms with Gasteiger partial charge >= 0.3 is 0 Å². The van der Waals surface area contributed by atoms with Gasteiger partial charge in [-0.1, -0.05) is 24.3 Å². The molecular weight excluding hydrogens is 594 g/mol. The van der Waals surface area contributed by atoms with Gasteiger partial charge in [-0.25, -0.2) is 18.7 Å². The van der Waals surface area contributed by atoms with E-state index in [-0.39, 0.29) is 23.8 Å². The van der Waals surface area contributed by atoms with Crippen LogP contribution >= 0.6 is 11.3 Å². The van der Waals surface area contributed by atoms with Gasteiger partial charge in [-0.15, -0.1) is 11.3 Å². The Hall–Kier alpha value is -5.73. The summed E-state index contributed by atoms with van der Waals surface area (Å²) in [5, 5.41) is 12.9. The summed E-state index contributed by atoms with van der Waals surface area (Å²) in [6.45, 7) is 1.98. The lowest BCUT2D eigenvalue weighted by molar-refractivity contribution is 0.0981. The molecule has 8 nitrogen and oxygen atoms in total. The number of nitrogens with one attached hydrogen (secondary N) is 2. The number of fused-ring (bicyclic) bond motifs is 4. The Kier molecular flexibility index (Phi) is 6.91. The van der Waals surface area contributed by atoms with E-state index in [1.54, 1.807) is 72.6 Å². The Morgan fingerprint density at radius 2 is 1.91 bits per heavy atom. The molecule has 11 heteroatoms. The molecule has 6 aromatic rings. The molecule has 0 fully saturated rings. The van der Waals surface area contributed by atoms with Gasteiger partial charge in [-0.3, -0.25) is 9.59 Å². The van der Waals surface area contributed by atoms with Crippen molar-refractivity contribution in [2.45, 2.75) is 13.3 Å². The summed E-state index contributed by atoms with van der Waals surface area (Å²) < 4.78 is 28.4. The summed E-state index contributed by atoms with van der Waals surface area (Å²) in [5.74, 6) is -1.81. The summed E-state index contributed by atoms with van der Waals surface area (Å²) >= 11 is 1.25. The molecule has 1 aliphatic heterocycles. The van der Waals surface area contributed by atoms with E-state index in [9.17, 15) is 23.6 Å². The zero-order valence-corrected chi connectivity index (χ0v) is 24.5. The lowest BCUT2D eigenvalue weighted by Crippen LogP contribution is -2.33. The highest BCUT2D eigenvalue weighted by Gasteiger charge is 2.29. The molecule has 0 saturated heterocycles. The van der Waals surface area contributed by atoms with Crippen LogP contribution in [0.1, 0.15) is 36.9 Å². The van der Waals surface area contributed by atoms with Crippen molar-refractivity contribution in [2.75, 3.05) is 16.8 Å². The third kappa shape index (κ3) is 5.01. The van der Waals surface area contributed by atoms with Gasteiger partial charge < -0.3 is 15.2 Å². The van der Waals surface area contributed by atoms with Crippen molar-refractivity contribution in [1.82, 2.24) is 15.0 Å². The first-order valence-electron chi connectivity index (χ1n) is 14.0. The number of halogens is 2. The predicted octanol–water partition coefficient (Wildman–Crippen LogP) is 7.27. The fraction of sp³-hybridized carbons (Fsp3) is 0.0882. The van der Waals surface area contributed by atoms with Crippen LogP contribution in [-0.2, 0) is 6.42 Å². The van der Waals surface area contributed by atoms with Gasteiger partial charge in [0.25, 0.3) is 11.8 Å². The Morgan fingerprint density at radius 1 is 1.07 bits per heavy atom. The topological polar surface area (TPSA) is 115 Å². The largest absolute Gasteiger partial charge is 0.345 e. The number of carbonyl (C=O) groups is 2. The first-order valence-corrected chi connectivity index (χ1v) is 14.8. The molecule has 5 heterocycles. The molecule has 1 aliphatic rings. The van der Waals surface area contributed by atoms with Crippen molar-refractivity contribution in [3.8, 4) is 27.8 Å². The molecular formula is C34H22F2N6O2S. The lowest BCUT2D eigenvalue weighted by Gasteiger charge is -2.23. The third-order valence-electron chi connectivity index (χ3n) is 7.75. The summed E-state index contributed by atoms with van der Waals surface area (Å²) in [5.41, 5.74) is 4.91. The van der Waals surface area contributed by atoms with E-state index >= 15 is 0 Å². The molecule has 220 valence electrons. The molecule has 0 unspecified atom stereocenters. The maximum Gasteiger partial charge on any atom is 0.276 e. The van der Waals surface area contributed by atoms with Crippen LogP contribution in [0.25, 0.3) is 32.7 Å². The van der Waals surface area contributed by atoms with Crippen LogP contribution in [-0.4, -0.2) is 33.3 Å². The van der Waals surface area contributed by atoms with Crippen molar-refractivity contribution < 1.29 is 18.4 Å². The van der Waals surface area contributed by atoms with Crippen LogP contribution in [0.2, 0.25) is 0 Å². The van der Waals surface area contributed by atoms with E-state index in [2.05, 4.69) is 26.3 Å². The average molecular weight is 617 g/mol. The fourth-order valence-electron chi connectivity index (χ4n) is 5.53. The maximum atomic E-state index is 14.4. The second kappa shape index (κ2) is 11.1. The number of carbonyl (C=O) groups excluding carboxylic acids is 2. The van der Waals surface area contributed by atoms with E-state index in [1.807, 2.05) is 0 Å². The van der Waals surface area contributed by atoms with E-state index in [0.29, 0.717) is 56.0 Å². The van der Waals surface area contributed by atoms with Gasteiger partial charge in [0.1, 0.15) is 23.0 Å². The van der Waals surface area contributed by atoms with Gasteiger partial charge in [0.05, 0.1) is 39.8 Å². The van der Waals surface area contributed by atoms with Crippen LogP contribution in [0.3, 0.4) is 0 Å². The van der Waals surface area contributed by atoms with Gasteiger partial charge in [-0.05, 0) is 66.9 Å². The number of rotatable bonds is 4. The molecule has 0 bridgehead atoms. The summed E-state index contributed by atoms with van der Waals surface area (Å²) in [6, 6.07) is 20.0. The number of hydrogen-bond acceptors (Lipinski definition) is 6. The normalized spacial score (nSPS) is 12.3.